The van der Waals surface area contributed by atoms with E-state index in [1.165, 1.54) is 6.20 Å². The van der Waals surface area contributed by atoms with Crippen LogP contribution in [0.4, 0.5) is 11.5 Å². The van der Waals surface area contributed by atoms with E-state index in [9.17, 15) is 10.1 Å². The van der Waals surface area contributed by atoms with Crippen molar-refractivity contribution in [2.45, 2.75) is 19.9 Å². The molecule has 0 spiro atoms. The summed E-state index contributed by atoms with van der Waals surface area (Å²) >= 11 is 0. The van der Waals surface area contributed by atoms with Crippen molar-refractivity contribution in [2.24, 2.45) is 0 Å². The molecule has 7 heteroatoms. The third-order valence-electron chi connectivity index (χ3n) is 4.78. The lowest BCUT2D eigenvalue weighted by atomic mass is 9.95. The Bertz CT molecular complexity index is 1120. The second-order valence-electron chi connectivity index (χ2n) is 6.58. The molecular weight excluding hydrogens is 352 g/mol. The first kappa shape index (κ1) is 17.5. The van der Waals surface area contributed by atoms with Gasteiger partial charge in [-0.3, -0.25) is 9.78 Å². The quantitative estimate of drug-likeness (QED) is 0.737. The van der Waals surface area contributed by atoms with Crippen molar-refractivity contribution in [2.75, 3.05) is 10.6 Å². The summed E-state index contributed by atoms with van der Waals surface area (Å²) in [4.78, 5) is 17.5. The summed E-state index contributed by atoms with van der Waals surface area (Å²) in [6, 6.07) is 13.0. The Morgan fingerprint density at radius 3 is 2.75 bits per heavy atom. The van der Waals surface area contributed by atoms with E-state index in [0.717, 1.165) is 16.8 Å². The number of nitrogens with zero attached hydrogens (tertiary/aromatic N) is 4. The second-order valence-corrected chi connectivity index (χ2v) is 6.58. The van der Waals surface area contributed by atoms with Gasteiger partial charge in [-0.15, -0.1) is 0 Å². The lowest BCUT2D eigenvalue weighted by Gasteiger charge is -2.29. The topological polar surface area (TPSA) is 95.6 Å². The first-order chi connectivity index (χ1) is 13.6. The first-order valence-electron chi connectivity index (χ1n) is 8.82. The number of fused-ring (bicyclic) bond motifs is 1. The number of amides is 1. The van der Waals surface area contributed by atoms with Crippen LogP contribution in [-0.4, -0.2) is 20.7 Å². The van der Waals surface area contributed by atoms with E-state index in [2.05, 4.69) is 26.8 Å². The standard InChI is InChI=1S/C21H18N6O/c1-13-6-3-4-8-17(13)26-21(28)18-14(2)25-20-16(10-22)12-24-27(20)19(18)15-7-5-9-23-11-15/h3-9,11-12,19,25H,1-2H3,(H,26,28)/t19-/m0/s1. The number of carbonyl (C=O) groups is 1. The van der Waals surface area contributed by atoms with Crippen LogP contribution in [0.2, 0.25) is 0 Å². The van der Waals surface area contributed by atoms with Gasteiger partial charge >= 0.3 is 0 Å². The average molecular weight is 370 g/mol. The van der Waals surface area contributed by atoms with E-state index in [1.807, 2.05) is 50.2 Å². The van der Waals surface area contributed by atoms with E-state index < -0.39 is 6.04 Å². The van der Waals surface area contributed by atoms with Crippen molar-refractivity contribution in [3.05, 3.63) is 82.9 Å². The number of benzene rings is 1. The highest BCUT2D eigenvalue weighted by molar-refractivity contribution is 6.06. The lowest BCUT2D eigenvalue weighted by Crippen LogP contribution is -2.31. The van der Waals surface area contributed by atoms with E-state index in [1.54, 1.807) is 17.1 Å². The maximum absolute atomic E-state index is 13.3. The third-order valence-corrected chi connectivity index (χ3v) is 4.78. The van der Waals surface area contributed by atoms with Gasteiger partial charge in [0.15, 0.2) is 0 Å². The summed E-state index contributed by atoms with van der Waals surface area (Å²) in [6.07, 6.45) is 4.89. The minimum atomic E-state index is -0.490. The molecule has 4 rings (SSSR count). The monoisotopic (exact) mass is 370 g/mol. The van der Waals surface area contributed by atoms with Crippen LogP contribution in [0.1, 0.15) is 29.7 Å². The van der Waals surface area contributed by atoms with Gasteiger partial charge in [-0.1, -0.05) is 24.3 Å². The average Bonchev–Trinajstić information content (AvgIpc) is 3.11. The molecule has 138 valence electrons. The van der Waals surface area contributed by atoms with Crippen molar-refractivity contribution in [1.29, 1.82) is 5.26 Å². The Balaban J connectivity index is 1.81. The van der Waals surface area contributed by atoms with Crippen molar-refractivity contribution < 1.29 is 4.79 Å². The molecule has 0 fully saturated rings. The molecule has 0 aliphatic carbocycles. The smallest absolute Gasteiger partial charge is 0.255 e. The molecule has 3 heterocycles. The molecule has 1 aliphatic rings. The molecular formula is C21H18N6O. The second kappa shape index (κ2) is 7.00. The third kappa shape index (κ3) is 2.91. The van der Waals surface area contributed by atoms with Crippen LogP contribution in [0.5, 0.6) is 0 Å². The molecule has 7 nitrogen and oxygen atoms in total. The molecule has 0 bridgehead atoms. The fourth-order valence-electron chi connectivity index (χ4n) is 3.38. The van der Waals surface area contributed by atoms with Crippen LogP contribution >= 0.6 is 0 Å². The number of carbonyl (C=O) groups excluding carboxylic acids is 1. The van der Waals surface area contributed by atoms with Crippen LogP contribution in [-0.2, 0) is 4.79 Å². The Labute approximate surface area is 162 Å². The van der Waals surface area contributed by atoms with Gasteiger partial charge in [-0.05, 0) is 37.1 Å². The molecule has 2 aromatic heterocycles. The number of allylic oxidation sites excluding steroid dienone is 1. The number of aryl methyl sites for hydroxylation is 1. The number of nitriles is 1. The molecule has 3 aromatic rings. The molecule has 0 radical (unpaired) electrons. The van der Waals surface area contributed by atoms with Gasteiger partial charge in [0.05, 0.1) is 11.8 Å². The van der Waals surface area contributed by atoms with Crippen LogP contribution < -0.4 is 10.6 Å². The minimum absolute atomic E-state index is 0.229. The number of rotatable bonds is 3. The molecule has 28 heavy (non-hydrogen) atoms. The zero-order chi connectivity index (χ0) is 19.7. The number of pyridine rings is 1. The predicted molar refractivity (Wildman–Crippen MR) is 105 cm³/mol. The van der Waals surface area contributed by atoms with Gasteiger partial charge in [0.25, 0.3) is 5.91 Å². The van der Waals surface area contributed by atoms with Crippen molar-refractivity contribution in [3.63, 3.8) is 0 Å². The van der Waals surface area contributed by atoms with E-state index in [-0.39, 0.29) is 5.91 Å². The zero-order valence-electron chi connectivity index (χ0n) is 15.5. The Morgan fingerprint density at radius 1 is 1.21 bits per heavy atom. The van der Waals surface area contributed by atoms with Gasteiger partial charge in [0.1, 0.15) is 23.5 Å². The molecule has 1 atom stereocenters. The fraction of sp³-hybridized carbons (Fsp3) is 0.143. The summed E-state index contributed by atoms with van der Waals surface area (Å²) in [5.41, 5.74) is 4.16. The van der Waals surface area contributed by atoms with Crippen LogP contribution in [0.3, 0.4) is 0 Å². The normalized spacial score (nSPS) is 15.4. The summed E-state index contributed by atoms with van der Waals surface area (Å²) in [5, 5.41) is 19.9. The maximum atomic E-state index is 13.3. The molecule has 2 N–H and O–H groups in total. The van der Waals surface area contributed by atoms with E-state index in [0.29, 0.717) is 22.7 Å². The predicted octanol–water partition coefficient (Wildman–Crippen LogP) is 3.39. The number of aromatic nitrogens is 3. The molecule has 1 amide bonds. The molecule has 1 aliphatic heterocycles. The molecule has 0 saturated carbocycles. The number of para-hydroxylation sites is 1. The van der Waals surface area contributed by atoms with Gasteiger partial charge in [0.2, 0.25) is 0 Å². The first-order valence-corrected chi connectivity index (χ1v) is 8.82. The van der Waals surface area contributed by atoms with Gasteiger partial charge in [-0.2, -0.15) is 10.4 Å². The van der Waals surface area contributed by atoms with E-state index in [4.69, 9.17) is 0 Å². The summed E-state index contributed by atoms with van der Waals surface area (Å²) in [5.74, 6) is 0.342. The number of anilines is 2. The Hall–Kier alpha value is -3.92. The highest BCUT2D eigenvalue weighted by atomic mass is 16.1. The van der Waals surface area contributed by atoms with Crippen LogP contribution in [0.25, 0.3) is 0 Å². The number of hydrogen-bond donors (Lipinski definition) is 2. The lowest BCUT2D eigenvalue weighted by molar-refractivity contribution is -0.113. The number of hydrogen-bond acceptors (Lipinski definition) is 5. The maximum Gasteiger partial charge on any atom is 0.255 e. The molecule has 0 unspecified atom stereocenters. The van der Waals surface area contributed by atoms with Crippen molar-refractivity contribution >= 4 is 17.4 Å². The van der Waals surface area contributed by atoms with Crippen molar-refractivity contribution in [1.82, 2.24) is 14.8 Å². The number of nitrogens with one attached hydrogen (secondary N) is 2. The summed E-state index contributed by atoms with van der Waals surface area (Å²) in [7, 11) is 0. The van der Waals surface area contributed by atoms with Gasteiger partial charge in [-0.25, -0.2) is 4.68 Å². The minimum Gasteiger partial charge on any atom is -0.343 e. The van der Waals surface area contributed by atoms with Gasteiger partial charge in [0, 0.05) is 23.8 Å². The highest BCUT2D eigenvalue weighted by Gasteiger charge is 2.34. The zero-order valence-corrected chi connectivity index (χ0v) is 15.5. The fourth-order valence-corrected chi connectivity index (χ4v) is 3.38. The Kier molecular flexibility index (Phi) is 4.38. The highest BCUT2D eigenvalue weighted by Crippen LogP contribution is 2.37. The summed E-state index contributed by atoms with van der Waals surface area (Å²) in [6.45, 7) is 3.77. The Morgan fingerprint density at radius 2 is 2.04 bits per heavy atom. The van der Waals surface area contributed by atoms with Crippen LogP contribution in [0.15, 0.2) is 66.3 Å². The summed E-state index contributed by atoms with van der Waals surface area (Å²) < 4.78 is 1.66. The van der Waals surface area contributed by atoms with Gasteiger partial charge < -0.3 is 10.6 Å². The van der Waals surface area contributed by atoms with Crippen LogP contribution in [0, 0.1) is 18.3 Å². The molecule has 1 aromatic carbocycles. The van der Waals surface area contributed by atoms with E-state index >= 15 is 0 Å². The SMILES string of the molecule is CC1=C(C(=O)Nc2ccccc2C)[C@H](c2cccnc2)n2ncc(C#N)c2N1. The van der Waals surface area contributed by atoms with Crippen molar-refractivity contribution in [3.8, 4) is 6.07 Å². The largest absolute Gasteiger partial charge is 0.343 e. The molecule has 0 saturated heterocycles.